The minimum atomic E-state index is -0.347. The Hall–Kier alpha value is -2.71. The molecule has 0 radical (unpaired) electrons. The predicted molar refractivity (Wildman–Crippen MR) is 120 cm³/mol. The zero-order valence-electron chi connectivity index (χ0n) is 16.0. The minimum absolute atomic E-state index is 0.263. The van der Waals surface area contributed by atoms with E-state index in [0.717, 1.165) is 17.0 Å². The fourth-order valence-corrected chi connectivity index (χ4v) is 4.39. The zero-order chi connectivity index (χ0) is 21.4. The number of amidine groups is 1. The summed E-state index contributed by atoms with van der Waals surface area (Å²) < 4.78 is 30.0. The van der Waals surface area contributed by atoms with Crippen LogP contribution in [0.15, 0.2) is 62.9 Å². The van der Waals surface area contributed by atoms with Crippen LogP contribution in [0.2, 0.25) is 0 Å². The molecule has 2 aromatic carbocycles. The number of amides is 1. The summed E-state index contributed by atoms with van der Waals surface area (Å²) in [6.07, 6.45) is 1.77. The number of thioether (sulfide) groups is 1. The van der Waals surface area contributed by atoms with Gasteiger partial charge in [0.1, 0.15) is 11.6 Å². The van der Waals surface area contributed by atoms with Crippen LogP contribution in [0.3, 0.4) is 0 Å². The summed E-state index contributed by atoms with van der Waals surface area (Å²) >= 11 is 4.48. The summed E-state index contributed by atoms with van der Waals surface area (Å²) in [6.45, 7) is 3.77. The fourth-order valence-electron chi connectivity index (χ4n) is 3.22. The van der Waals surface area contributed by atoms with Crippen LogP contribution >= 0.6 is 27.7 Å². The average Bonchev–Trinajstić information content (AvgIpc) is 3.17. The highest BCUT2D eigenvalue weighted by molar-refractivity contribution is 9.10. The van der Waals surface area contributed by atoms with Crippen molar-refractivity contribution in [3.63, 3.8) is 0 Å². The Bertz CT molecular complexity index is 1220. The van der Waals surface area contributed by atoms with Gasteiger partial charge in [-0.2, -0.15) is 0 Å². The van der Waals surface area contributed by atoms with Crippen molar-refractivity contribution < 1.29 is 13.6 Å². The monoisotopic (exact) mass is 487 g/mol. The average molecular weight is 488 g/mol. The lowest BCUT2D eigenvalue weighted by molar-refractivity contribution is -0.115. The van der Waals surface area contributed by atoms with Gasteiger partial charge in [-0.25, -0.2) is 13.8 Å². The number of hydrogen-bond acceptors (Lipinski definition) is 3. The first-order chi connectivity index (χ1) is 14.3. The highest BCUT2D eigenvalue weighted by Gasteiger charge is 2.25. The van der Waals surface area contributed by atoms with Crippen molar-refractivity contribution in [1.82, 2.24) is 9.88 Å². The fraction of sp³-hybridized carbons (Fsp3) is 0.0909. The second kappa shape index (κ2) is 8.20. The van der Waals surface area contributed by atoms with Crippen molar-refractivity contribution >= 4 is 50.5 Å². The zero-order valence-corrected chi connectivity index (χ0v) is 18.4. The van der Waals surface area contributed by atoms with Gasteiger partial charge >= 0.3 is 0 Å². The first-order valence-corrected chi connectivity index (χ1v) is 10.6. The molecule has 152 valence electrons. The van der Waals surface area contributed by atoms with E-state index >= 15 is 0 Å². The molecule has 1 saturated heterocycles. The molecular formula is C22H16BrF2N3OS. The molecule has 0 spiro atoms. The summed E-state index contributed by atoms with van der Waals surface area (Å²) in [4.78, 5) is 17.2. The van der Waals surface area contributed by atoms with E-state index in [0.29, 0.717) is 25.9 Å². The molecule has 1 fully saturated rings. The topological polar surface area (TPSA) is 46.4 Å². The van der Waals surface area contributed by atoms with E-state index in [-0.39, 0.29) is 17.5 Å². The third-order valence-corrected chi connectivity index (χ3v) is 6.02. The van der Waals surface area contributed by atoms with Crippen LogP contribution in [-0.4, -0.2) is 15.6 Å². The molecule has 0 saturated carbocycles. The maximum Gasteiger partial charge on any atom is 0.264 e. The smallest absolute Gasteiger partial charge is 0.264 e. The number of aliphatic imine (C=N–C) groups is 1. The number of rotatable bonds is 3. The molecule has 8 heteroatoms. The van der Waals surface area contributed by atoms with Crippen molar-refractivity contribution in [3.05, 3.63) is 86.5 Å². The molecule has 1 aliphatic heterocycles. The van der Waals surface area contributed by atoms with Gasteiger partial charge in [0.05, 0.1) is 16.3 Å². The van der Waals surface area contributed by atoms with Gasteiger partial charge in [-0.1, -0.05) is 15.9 Å². The highest BCUT2D eigenvalue weighted by atomic mass is 79.9. The summed E-state index contributed by atoms with van der Waals surface area (Å²) in [5.74, 6) is -0.951. The van der Waals surface area contributed by atoms with Crippen LogP contribution in [0, 0.1) is 25.5 Å². The van der Waals surface area contributed by atoms with E-state index in [9.17, 15) is 13.6 Å². The Morgan fingerprint density at radius 3 is 2.53 bits per heavy atom. The molecule has 1 amide bonds. The molecular weight excluding hydrogens is 472 g/mol. The summed E-state index contributed by atoms with van der Waals surface area (Å²) in [6, 6.07) is 12.5. The number of nitrogens with zero attached hydrogens (tertiary/aromatic N) is 2. The van der Waals surface area contributed by atoms with Gasteiger partial charge in [0, 0.05) is 15.9 Å². The Labute approximate surface area is 184 Å². The molecule has 30 heavy (non-hydrogen) atoms. The predicted octanol–water partition coefficient (Wildman–Crippen LogP) is 6.03. The van der Waals surface area contributed by atoms with E-state index in [2.05, 4.69) is 26.2 Å². The minimum Gasteiger partial charge on any atom is -0.315 e. The number of aromatic nitrogens is 1. The van der Waals surface area contributed by atoms with E-state index < -0.39 is 0 Å². The number of carbonyl (C=O) groups is 1. The standard InChI is InChI=1S/C22H16BrF2N3OS/c1-12-9-14(13(2)28(12)19-8-3-15(23)11-18(19)25)10-20-21(29)27-22(30-20)26-17-6-4-16(24)5-7-17/h3-11H,1-2H3,(H,26,27,29). The molecule has 3 aromatic rings. The van der Waals surface area contributed by atoms with Crippen molar-refractivity contribution in [2.75, 3.05) is 0 Å². The molecule has 4 nitrogen and oxygen atoms in total. The molecule has 0 bridgehead atoms. The van der Waals surface area contributed by atoms with Crippen LogP contribution in [0.1, 0.15) is 17.0 Å². The summed E-state index contributed by atoms with van der Waals surface area (Å²) in [5.41, 5.74) is 3.47. The van der Waals surface area contributed by atoms with Crippen LogP contribution in [0.25, 0.3) is 11.8 Å². The van der Waals surface area contributed by atoms with Crippen molar-refractivity contribution in [2.24, 2.45) is 4.99 Å². The normalized spacial score (nSPS) is 16.5. The SMILES string of the molecule is Cc1cc(C=C2SC(=Nc3ccc(F)cc3)NC2=O)c(C)n1-c1ccc(Br)cc1F. The lowest BCUT2D eigenvalue weighted by atomic mass is 10.2. The summed E-state index contributed by atoms with van der Waals surface area (Å²) in [7, 11) is 0. The molecule has 1 aliphatic rings. The Balaban J connectivity index is 1.65. The van der Waals surface area contributed by atoms with Gasteiger partial charge in [0.15, 0.2) is 5.17 Å². The number of halogens is 3. The second-order valence-corrected chi connectivity index (χ2v) is 8.66. The van der Waals surface area contributed by atoms with E-state index in [4.69, 9.17) is 0 Å². The first-order valence-electron chi connectivity index (χ1n) is 9.01. The van der Waals surface area contributed by atoms with Gasteiger partial charge in [-0.3, -0.25) is 4.79 Å². The number of aryl methyl sites for hydroxylation is 1. The Morgan fingerprint density at radius 2 is 1.83 bits per heavy atom. The van der Waals surface area contributed by atoms with Gasteiger partial charge in [-0.15, -0.1) is 0 Å². The lowest BCUT2D eigenvalue weighted by Gasteiger charge is -2.11. The number of benzene rings is 2. The third-order valence-electron chi connectivity index (χ3n) is 4.62. The lowest BCUT2D eigenvalue weighted by Crippen LogP contribution is -2.19. The van der Waals surface area contributed by atoms with Gasteiger partial charge < -0.3 is 9.88 Å². The summed E-state index contributed by atoms with van der Waals surface area (Å²) in [5, 5.41) is 3.14. The number of hydrogen-bond donors (Lipinski definition) is 1. The Morgan fingerprint density at radius 1 is 1.10 bits per heavy atom. The molecule has 0 atom stereocenters. The van der Waals surface area contributed by atoms with E-state index in [1.165, 1.54) is 42.1 Å². The molecule has 1 aromatic heterocycles. The van der Waals surface area contributed by atoms with Crippen LogP contribution in [0.4, 0.5) is 14.5 Å². The van der Waals surface area contributed by atoms with Crippen LogP contribution in [0.5, 0.6) is 0 Å². The molecule has 1 N–H and O–H groups in total. The van der Waals surface area contributed by atoms with Gasteiger partial charge in [0.2, 0.25) is 0 Å². The molecule has 2 heterocycles. The van der Waals surface area contributed by atoms with Crippen LogP contribution < -0.4 is 5.32 Å². The van der Waals surface area contributed by atoms with Crippen molar-refractivity contribution in [2.45, 2.75) is 13.8 Å². The molecule has 0 aliphatic carbocycles. The Kier molecular flexibility index (Phi) is 5.62. The van der Waals surface area contributed by atoms with E-state index in [1.54, 1.807) is 18.2 Å². The molecule has 4 rings (SSSR count). The van der Waals surface area contributed by atoms with Gasteiger partial charge in [0.25, 0.3) is 5.91 Å². The maximum atomic E-state index is 14.5. The van der Waals surface area contributed by atoms with Crippen molar-refractivity contribution in [3.8, 4) is 5.69 Å². The number of nitrogens with one attached hydrogen (secondary N) is 1. The highest BCUT2D eigenvalue weighted by Crippen LogP contribution is 2.31. The molecule has 0 unspecified atom stereocenters. The van der Waals surface area contributed by atoms with E-state index in [1.807, 2.05) is 24.5 Å². The number of carbonyl (C=O) groups excluding carboxylic acids is 1. The van der Waals surface area contributed by atoms with Gasteiger partial charge in [-0.05, 0) is 85.8 Å². The second-order valence-electron chi connectivity index (χ2n) is 6.72. The largest absolute Gasteiger partial charge is 0.315 e. The van der Waals surface area contributed by atoms with Crippen LogP contribution in [-0.2, 0) is 4.79 Å². The first kappa shape index (κ1) is 20.6. The van der Waals surface area contributed by atoms with Crippen molar-refractivity contribution in [1.29, 1.82) is 0 Å². The maximum absolute atomic E-state index is 14.5. The quantitative estimate of drug-likeness (QED) is 0.458. The third kappa shape index (κ3) is 4.11.